The number of furan rings is 1. The maximum atomic E-state index is 13.7. The molecule has 1 aromatic rings. The van der Waals surface area contributed by atoms with E-state index in [2.05, 4.69) is 6.58 Å². The molecule has 2 saturated heterocycles. The zero-order valence-corrected chi connectivity index (χ0v) is 22.8. The van der Waals surface area contributed by atoms with Gasteiger partial charge in [0, 0.05) is 41.1 Å². The van der Waals surface area contributed by atoms with Gasteiger partial charge in [-0.1, -0.05) is 34.3 Å². The highest BCUT2D eigenvalue weighted by Gasteiger charge is 2.74. The minimum absolute atomic E-state index is 0.0214. The fraction of sp³-hybridized carbons (Fsp3) is 0.655. The van der Waals surface area contributed by atoms with Crippen LogP contribution in [-0.2, 0) is 38.1 Å². The average Bonchev–Trinajstić information content (AvgIpc) is 3.36. The van der Waals surface area contributed by atoms with Crippen LogP contribution in [0.5, 0.6) is 0 Å². The van der Waals surface area contributed by atoms with Gasteiger partial charge in [0.05, 0.1) is 32.2 Å². The number of fused-ring (bicyclic) bond motifs is 3. The molecule has 3 heterocycles. The van der Waals surface area contributed by atoms with E-state index in [4.69, 9.17) is 23.4 Å². The molecule has 2 aliphatic heterocycles. The van der Waals surface area contributed by atoms with Crippen LogP contribution in [0.3, 0.4) is 0 Å². The summed E-state index contributed by atoms with van der Waals surface area (Å²) >= 11 is 0. The van der Waals surface area contributed by atoms with E-state index in [-0.39, 0.29) is 24.5 Å². The second-order valence-corrected chi connectivity index (χ2v) is 12.3. The Hall–Kier alpha value is -2.94. The Kier molecular flexibility index (Phi) is 5.98. The van der Waals surface area contributed by atoms with Crippen LogP contribution in [0.25, 0.3) is 0 Å². The first-order chi connectivity index (χ1) is 17.7. The SMILES string of the molecule is C=C1[C@@H]2CC[C@@]3(C)[C@H](c4ccoc4)OC(=O)C[C@]13O[C@H]1CC(=O)C(C)(C)[C@H]([C@@H](OC(C)=O)C(=O)OC)[C@]12C. The van der Waals surface area contributed by atoms with Gasteiger partial charge >= 0.3 is 17.9 Å². The van der Waals surface area contributed by atoms with Crippen molar-refractivity contribution in [1.29, 1.82) is 0 Å². The summed E-state index contributed by atoms with van der Waals surface area (Å²) in [7, 11) is 1.23. The molecule has 1 aromatic heterocycles. The standard InChI is InChI=1S/C29H36O9/c1-15-18-8-10-27(5)24(17-9-11-35-14-17)37-21(32)13-29(15,27)38-20-12-19(31)26(3,4)23(28(18,20)6)22(25(33)34-7)36-16(2)30/h9,11,14,18,20,22-24H,1,8,10,12-13H2,2-7H3/t18-,20-,22+,23-,24-,27-,28-,29-/m0/s1. The van der Waals surface area contributed by atoms with Crippen LogP contribution in [0.15, 0.2) is 35.2 Å². The highest BCUT2D eigenvalue weighted by Crippen LogP contribution is 2.71. The van der Waals surface area contributed by atoms with Crippen LogP contribution in [0, 0.1) is 28.1 Å². The predicted octanol–water partition coefficient (Wildman–Crippen LogP) is 4.10. The van der Waals surface area contributed by atoms with Crippen molar-refractivity contribution in [2.75, 3.05) is 7.11 Å². The fourth-order valence-corrected chi connectivity index (χ4v) is 8.34. The van der Waals surface area contributed by atoms with Gasteiger partial charge in [-0.15, -0.1) is 0 Å². The van der Waals surface area contributed by atoms with Gasteiger partial charge in [0.1, 0.15) is 17.5 Å². The highest BCUT2D eigenvalue weighted by atomic mass is 16.6. The Bertz CT molecular complexity index is 1200. The lowest BCUT2D eigenvalue weighted by atomic mass is 9.41. The summed E-state index contributed by atoms with van der Waals surface area (Å²) in [6.45, 7) is 13.4. The largest absolute Gasteiger partial charge is 0.472 e. The third kappa shape index (κ3) is 3.33. The molecule has 4 fully saturated rings. The average molecular weight is 529 g/mol. The van der Waals surface area contributed by atoms with Gasteiger partial charge < -0.3 is 23.4 Å². The number of rotatable bonds is 4. The maximum absolute atomic E-state index is 13.7. The molecule has 2 bridgehead atoms. The first-order valence-electron chi connectivity index (χ1n) is 13.1. The van der Waals surface area contributed by atoms with E-state index in [9.17, 15) is 19.2 Å². The molecule has 206 valence electrons. The monoisotopic (exact) mass is 528 g/mol. The van der Waals surface area contributed by atoms with Crippen molar-refractivity contribution in [2.24, 2.45) is 28.1 Å². The molecule has 0 N–H and O–H groups in total. The summed E-state index contributed by atoms with van der Waals surface area (Å²) in [6.07, 6.45) is 1.93. The molecule has 9 heteroatoms. The lowest BCUT2D eigenvalue weighted by Crippen LogP contribution is -2.74. The normalized spacial score (nSPS) is 40.3. The van der Waals surface area contributed by atoms with Crippen molar-refractivity contribution < 1.29 is 42.5 Å². The van der Waals surface area contributed by atoms with E-state index in [1.807, 2.05) is 13.8 Å². The summed E-state index contributed by atoms with van der Waals surface area (Å²) < 4.78 is 28.8. The van der Waals surface area contributed by atoms with Crippen molar-refractivity contribution in [3.63, 3.8) is 0 Å². The van der Waals surface area contributed by atoms with Gasteiger partial charge in [0.2, 0.25) is 6.10 Å². The van der Waals surface area contributed by atoms with Crippen LogP contribution in [0.1, 0.15) is 72.0 Å². The number of ether oxygens (including phenoxy) is 4. The molecule has 5 rings (SSSR count). The summed E-state index contributed by atoms with van der Waals surface area (Å²) in [5, 5.41) is 0. The molecular weight excluding hydrogens is 492 g/mol. The van der Waals surface area contributed by atoms with Crippen molar-refractivity contribution >= 4 is 23.7 Å². The predicted molar refractivity (Wildman–Crippen MR) is 132 cm³/mol. The van der Waals surface area contributed by atoms with Crippen molar-refractivity contribution in [3.8, 4) is 0 Å². The Labute approximate surface area is 222 Å². The van der Waals surface area contributed by atoms with Gasteiger partial charge in [-0.2, -0.15) is 0 Å². The van der Waals surface area contributed by atoms with Crippen molar-refractivity contribution in [1.82, 2.24) is 0 Å². The van der Waals surface area contributed by atoms with Crippen LogP contribution >= 0.6 is 0 Å². The quantitative estimate of drug-likeness (QED) is 0.323. The summed E-state index contributed by atoms with van der Waals surface area (Å²) in [5.41, 5.74) is -2.10. The fourth-order valence-electron chi connectivity index (χ4n) is 8.34. The zero-order valence-electron chi connectivity index (χ0n) is 22.8. The molecule has 9 nitrogen and oxygen atoms in total. The Morgan fingerprint density at radius 1 is 1.18 bits per heavy atom. The number of hydrogen-bond donors (Lipinski definition) is 0. The van der Waals surface area contributed by atoms with E-state index in [0.29, 0.717) is 12.8 Å². The first-order valence-corrected chi connectivity index (χ1v) is 13.1. The topological polar surface area (TPSA) is 118 Å². The number of cyclic esters (lactones) is 1. The van der Waals surface area contributed by atoms with Gasteiger partial charge in [0.25, 0.3) is 0 Å². The second kappa shape index (κ2) is 8.53. The number of esters is 3. The number of carbonyl (C=O) groups is 4. The zero-order chi connectivity index (χ0) is 27.8. The highest BCUT2D eigenvalue weighted by molar-refractivity contribution is 5.89. The van der Waals surface area contributed by atoms with Crippen LogP contribution in [0.4, 0.5) is 0 Å². The van der Waals surface area contributed by atoms with E-state index in [0.717, 1.165) is 11.1 Å². The maximum Gasteiger partial charge on any atom is 0.347 e. The molecule has 2 aliphatic carbocycles. The molecule has 1 spiro atoms. The van der Waals surface area contributed by atoms with E-state index in [1.165, 1.54) is 14.0 Å². The van der Waals surface area contributed by atoms with Crippen LogP contribution in [-0.4, -0.2) is 48.6 Å². The molecule has 8 atom stereocenters. The van der Waals surface area contributed by atoms with Gasteiger partial charge in [-0.3, -0.25) is 14.4 Å². The third-order valence-corrected chi connectivity index (χ3v) is 10.2. The first kappa shape index (κ1) is 26.7. The van der Waals surface area contributed by atoms with Crippen LogP contribution < -0.4 is 0 Å². The van der Waals surface area contributed by atoms with E-state index >= 15 is 0 Å². The number of carbonyl (C=O) groups excluding carboxylic acids is 4. The Morgan fingerprint density at radius 2 is 1.89 bits per heavy atom. The molecular formula is C29H36O9. The summed E-state index contributed by atoms with van der Waals surface area (Å²) in [6, 6.07) is 1.78. The van der Waals surface area contributed by atoms with Gasteiger partial charge in [-0.05, 0) is 30.4 Å². The number of Topliss-reactive ketones (excluding diaryl/α,β-unsaturated/α-hetero) is 1. The number of methoxy groups -OCH3 is 1. The molecule has 0 radical (unpaired) electrons. The van der Waals surface area contributed by atoms with Gasteiger partial charge in [-0.25, -0.2) is 4.79 Å². The lowest BCUT2D eigenvalue weighted by Gasteiger charge is -2.70. The molecule has 38 heavy (non-hydrogen) atoms. The Balaban J connectivity index is 1.66. The molecule has 0 aromatic carbocycles. The third-order valence-electron chi connectivity index (χ3n) is 10.2. The Morgan fingerprint density at radius 3 is 2.50 bits per heavy atom. The molecule has 0 amide bonds. The molecule has 0 unspecified atom stereocenters. The smallest absolute Gasteiger partial charge is 0.347 e. The summed E-state index contributed by atoms with van der Waals surface area (Å²) in [4.78, 5) is 52.0. The van der Waals surface area contributed by atoms with Crippen molar-refractivity contribution in [2.45, 2.75) is 84.2 Å². The number of hydrogen-bond acceptors (Lipinski definition) is 9. The minimum Gasteiger partial charge on any atom is -0.472 e. The second-order valence-electron chi connectivity index (χ2n) is 12.3. The lowest BCUT2D eigenvalue weighted by molar-refractivity contribution is -0.303. The summed E-state index contributed by atoms with van der Waals surface area (Å²) in [5.74, 6) is -2.85. The van der Waals surface area contributed by atoms with E-state index in [1.54, 1.807) is 32.4 Å². The molecule has 4 aliphatic rings. The molecule has 2 saturated carbocycles. The number of ketones is 1. The van der Waals surface area contributed by atoms with Crippen LogP contribution in [0.2, 0.25) is 0 Å². The van der Waals surface area contributed by atoms with Crippen molar-refractivity contribution in [3.05, 3.63) is 36.3 Å². The van der Waals surface area contributed by atoms with Gasteiger partial charge in [0.15, 0.2) is 0 Å². The minimum atomic E-state index is -1.31. The van der Waals surface area contributed by atoms with E-state index < -0.39 is 64.0 Å².